The fraction of sp³-hybridized carbons (Fsp3) is 0.308. The molecule has 0 unspecified atom stereocenters. The van der Waals surface area contributed by atoms with E-state index in [1.54, 1.807) is 24.3 Å². The van der Waals surface area contributed by atoms with Crippen LogP contribution in [0.3, 0.4) is 0 Å². The van der Waals surface area contributed by atoms with Crippen LogP contribution in [-0.2, 0) is 19.5 Å². The van der Waals surface area contributed by atoms with E-state index in [-0.39, 0.29) is 23.4 Å². The lowest BCUT2D eigenvalue weighted by Gasteiger charge is -2.41. The highest BCUT2D eigenvalue weighted by molar-refractivity contribution is 5.19. The predicted octanol–water partition coefficient (Wildman–Crippen LogP) is 4.54. The third-order valence-corrected chi connectivity index (χ3v) is 5.18. The van der Waals surface area contributed by atoms with Gasteiger partial charge in [-0.3, -0.25) is 0 Å². The molecule has 0 aromatic heterocycles. The van der Waals surface area contributed by atoms with Gasteiger partial charge in [0.2, 0.25) is 0 Å². The van der Waals surface area contributed by atoms with Crippen molar-refractivity contribution in [2.45, 2.75) is 19.5 Å². The minimum atomic E-state index is -0.266. The van der Waals surface area contributed by atoms with E-state index in [9.17, 15) is 13.2 Å². The lowest BCUT2D eigenvalue weighted by Crippen LogP contribution is -2.58. The first kappa shape index (κ1) is 24.9. The van der Waals surface area contributed by atoms with Gasteiger partial charge in [-0.05, 0) is 79.5 Å². The Labute approximate surface area is 194 Å². The molecule has 1 aliphatic rings. The summed E-state index contributed by atoms with van der Waals surface area (Å²) < 4.78 is 40.8. The van der Waals surface area contributed by atoms with Gasteiger partial charge in [0.05, 0.1) is 0 Å². The van der Waals surface area contributed by atoms with Gasteiger partial charge in [-0.25, -0.2) is 23.2 Å². The van der Waals surface area contributed by atoms with Crippen molar-refractivity contribution in [3.8, 4) is 0 Å². The summed E-state index contributed by atoms with van der Waals surface area (Å²) in [4.78, 5) is 0. The molecular formula is C26H31F3N4. The smallest absolute Gasteiger partial charge is 0.123 e. The first-order valence-electron chi connectivity index (χ1n) is 11.0. The van der Waals surface area contributed by atoms with Crippen molar-refractivity contribution in [2.24, 2.45) is 5.92 Å². The van der Waals surface area contributed by atoms with Crippen molar-refractivity contribution in [3.63, 3.8) is 0 Å². The molecule has 33 heavy (non-hydrogen) atoms. The van der Waals surface area contributed by atoms with Gasteiger partial charge in [-0.1, -0.05) is 36.4 Å². The zero-order valence-corrected chi connectivity index (χ0v) is 19.1. The van der Waals surface area contributed by atoms with Crippen LogP contribution in [0.15, 0.2) is 72.8 Å². The molecule has 0 radical (unpaired) electrons. The van der Waals surface area contributed by atoms with Crippen molar-refractivity contribution in [2.75, 3.05) is 27.2 Å². The highest BCUT2D eigenvalue weighted by Gasteiger charge is 2.26. The molecule has 4 rings (SSSR count). The van der Waals surface area contributed by atoms with Crippen LogP contribution in [0.5, 0.6) is 0 Å². The Morgan fingerprint density at radius 2 is 1.12 bits per heavy atom. The van der Waals surface area contributed by atoms with Crippen LogP contribution >= 0.6 is 0 Å². The molecule has 0 spiro atoms. The summed E-state index contributed by atoms with van der Waals surface area (Å²) in [7, 11) is 3.75. The van der Waals surface area contributed by atoms with E-state index >= 15 is 0 Å². The lowest BCUT2D eigenvalue weighted by atomic mass is 9.97. The molecule has 1 heterocycles. The van der Waals surface area contributed by atoms with E-state index in [1.807, 2.05) is 42.3 Å². The molecule has 3 aromatic carbocycles. The number of halogens is 3. The molecule has 176 valence electrons. The Morgan fingerprint density at radius 3 is 1.55 bits per heavy atom. The van der Waals surface area contributed by atoms with Gasteiger partial charge >= 0.3 is 0 Å². The third-order valence-electron chi connectivity index (χ3n) is 5.18. The lowest BCUT2D eigenvalue weighted by molar-refractivity contribution is -0.0540. The number of benzene rings is 3. The SMILES string of the molecule is CNC.Fc1cccc(CC2CN(Cc3cccc(F)c3)NN(Cc3cccc(F)c3)C2)c1. The monoisotopic (exact) mass is 456 g/mol. The molecule has 1 aliphatic heterocycles. The predicted molar refractivity (Wildman–Crippen MR) is 125 cm³/mol. The second-order valence-electron chi connectivity index (χ2n) is 8.32. The van der Waals surface area contributed by atoms with Crippen LogP contribution in [-0.4, -0.2) is 37.2 Å². The second kappa shape index (κ2) is 12.5. The largest absolute Gasteiger partial charge is 0.323 e. The number of nitrogens with one attached hydrogen (secondary N) is 2. The summed E-state index contributed by atoms with van der Waals surface area (Å²) in [6.07, 6.45) is 0.721. The summed E-state index contributed by atoms with van der Waals surface area (Å²) >= 11 is 0. The van der Waals surface area contributed by atoms with E-state index in [1.165, 1.54) is 30.3 Å². The maximum absolute atomic E-state index is 13.6. The van der Waals surface area contributed by atoms with Crippen molar-refractivity contribution in [3.05, 3.63) is 107 Å². The van der Waals surface area contributed by atoms with Crippen LogP contribution < -0.4 is 10.9 Å². The van der Waals surface area contributed by atoms with Crippen LogP contribution in [0.25, 0.3) is 0 Å². The van der Waals surface area contributed by atoms with E-state index in [4.69, 9.17) is 0 Å². The van der Waals surface area contributed by atoms with Gasteiger partial charge in [0, 0.05) is 26.2 Å². The van der Waals surface area contributed by atoms with E-state index in [2.05, 4.69) is 10.9 Å². The highest BCUT2D eigenvalue weighted by Crippen LogP contribution is 2.19. The van der Waals surface area contributed by atoms with E-state index in [0.717, 1.165) is 36.2 Å². The molecule has 0 saturated carbocycles. The standard InChI is InChI=1S/C24H24F3N3.C2H7N/c25-22-7-1-4-18(11-22)10-21-16-29(14-19-5-2-8-23(26)12-19)28-30(17-21)15-20-6-3-9-24(27)13-20;1-3-2/h1-9,11-13,21,28H,10,14-17H2;3H,1-2H3. The molecule has 1 fully saturated rings. The van der Waals surface area contributed by atoms with Crippen LogP contribution in [0.1, 0.15) is 16.7 Å². The molecule has 0 aliphatic carbocycles. The number of rotatable bonds is 6. The third kappa shape index (κ3) is 8.29. The molecule has 7 heteroatoms. The molecule has 4 nitrogen and oxygen atoms in total. The van der Waals surface area contributed by atoms with Gasteiger partial charge in [0.15, 0.2) is 0 Å². The van der Waals surface area contributed by atoms with Gasteiger partial charge in [-0.2, -0.15) is 5.53 Å². The van der Waals surface area contributed by atoms with Gasteiger partial charge < -0.3 is 5.32 Å². The van der Waals surface area contributed by atoms with Crippen molar-refractivity contribution >= 4 is 0 Å². The molecule has 1 saturated heterocycles. The summed E-state index contributed by atoms with van der Waals surface area (Å²) in [6.45, 7) is 2.51. The molecule has 2 N–H and O–H groups in total. The Bertz CT molecular complexity index is 881. The van der Waals surface area contributed by atoms with Gasteiger partial charge in [0.1, 0.15) is 17.5 Å². The number of hydrogen-bond acceptors (Lipinski definition) is 4. The Morgan fingerprint density at radius 1 is 0.727 bits per heavy atom. The summed E-state index contributed by atoms with van der Waals surface area (Å²) in [5.74, 6) is -0.542. The first-order valence-corrected chi connectivity index (χ1v) is 11.0. The highest BCUT2D eigenvalue weighted by atomic mass is 19.1. The van der Waals surface area contributed by atoms with Gasteiger partial charge in [-0.15, -0.1) is 0 Å². The summed E-state index contributed by atoms with van der Waals surface area (Å²) in [5.41, 5.74) is 6.03. The fourth-order valence-corrected chi connectivity index (χ4v) is 4.00. The average Bonchev–Trinajstić information content (AvgIpc) is 2.74. The fourth-order valence-electron chi connectivity index (χ4n) is 4.00. The number of hydrogen-bond donors (Lipinski definition) is 2. The quantitative estimate of drug-likeness (QED) is 0.570. The van der Waals surface area contributed by atoms with E-state index in [0.29, 0.717) is 13.1 Å². The minimum Gasteiger partial charge on any atom is -0.323 e. The van der Waals surface area contributed by atoms with Crippen LogP contribution in [0, 0.1) is 23.4 Å². The Kier molecular flexibility index (Phi) is 9.45. The zero-order chi connectivity index (χ0) is 23.6. The Hall–Kier alpha value is -2.71. The second-order valence-corrected chi connectivity index (χ2v) is 8.32. The molecule has 3 aromatic rings. The van der Waals surface area contributed by atoms with Crippen molar-refractivity contribution < 1.29 is 13.2 Å². The van der Waals surface area contributed by atoms with Gasteiger partial charge in [0.25, 0.3) is 0 Å². The maximum atomic E-state index is 13.6. The van der Waals surface area contributed by atoms with Crippen molar-refractivity contribution in [1.82, 2.24) is 20.9 Å². The number of hydrazine groups is 2. The molecular weight excluding hydrogens is 425 g/mol. The minimum absolute atomic E-state index is 0.232. The zero-order valence-electron chi connectivity index (χ0n) is 19.1. The summed E-state index contributed by atoms with van der Waals surface area (Å²) in [6, 6.07) is 19.7. The van der Waals surface area contributed by atoms with Crippen LogP contribution in [0.2, 0.25) is 0 Å². The Balaban J connectivity index is 0.000000968. The van der Waals surface area contributed by atoms with Crippen molar-refractivity contribution in [1.29, 1.82) is 0 Å². The van der Waals surface area contributed by atoms with E-state index < -0.39 is 0 Å². The first-order chi connectivity index (χ1) is 15.9. The molecule has 0 amide bonds. The molecule has 0 atom stereocenters. The normalized spacial score (nSPS) is 15.2. The topological polar surface area (TPSA) is 30.5 Å². The number of nitrogens with zero attached hydrogens (tertiary/aromatic N) is 2. The summed E-state index contributed by atoms with van der Waals surface area (Å²) in [5, 5.41) is 6.81. The maximum Gasteiger partial charge on any atom is 0.123 e. The molecule has 0 bridgehead atoms. The van der Waals surface area contributed by atoms with Crippen LogP contribution in [0.4, 0.5) is 13.2 Å². The average molecular weight is 457 g/mol.